The number of carbonyl (C=O) groups is 1. The van der Waals surface area contributed by atoms with Crippen LogP contribution in [0.15, 0.2) is 28.7 Å². The fourth-order valence-corrected chi connectivity index (χ4v) is 2.76. The third kappa shape index (κ3) is 5.23. The summed E-state index contributed by atoms with van der Waals surface area (Å²) in [6.07, 6.45) is 0.602. The highest BCUT2D eigenvalue weighted by atomic mass is 16.6. The summed E-state index contributed by atoms with van der Waals surface area (Å²) in [6, 6.07) is 8.11. The Morgan fingerprint density at radius 3 is 2.60 bits per heavy atom. The Kier molecular flexibility index (Phi) is 6.48. The van der Waals surface area contributed by atoms with Crippen LogP contribution in [0.25, 0.3) is 11.0 Å². The molecule has 5 heteroatoms. The van der Waals surface area contributed by atoms with Gasteiger partial charge in [0.2, 0.25) is 0 Å². The third-order valence-corrected chi connectivity index (χ3v) is 4.00. The number of aryl methyl sites for hydroxylation is 1. The quantitative estimate of drug-likeness (QED) is 0.758. The summed E-state index contributed by atoms with van der Waals surface area (Å²) in [4.78, 5) is 13.9. The van der Waals surface area contributed by atoms with E-state index in [1.807, 2.05) is 45.9 Å². The molecule has 0 unspecified atom stereocenters. The number of rotatable bonds is 7. The molecule has 1 aromatic carbocycles. The van der Waals surface area contributed by atoms with E-state index in [1.54, 1.807) is 4.90 Å². The molecule has 25 heavy (non-hydrogen) atoms. The van der Waals surface area contributed by atoms with Gasteiger partial charge in [0.25, 0.3) is 0 Å². The van der Waals surface area contributed by atoms with Crippen LogP contribution in [0.3, 0.4) is 0 Å². The van der Waals surface area contributed by atoms with Crippen molar-refractivity contribution >= 4 is 17.1 Å². The van der Waals surface area contributed by atoms with Gasteiger partial charge in [-0.15, -0.1) is 0 Å². The van der Waals surface area contributed by atoms with Gasteiger partial charge in [0, 0.05) is 43.5 Å². The molecular formula is C20H30N2O3. The van der Waals surface area contributed by atoms with Crippen LogP contribution < -0.4 is 5.32 Å². The van der Waals surface area contributed by atoms with E-state index in [-0.39, 0.29) is 6.09 Å². The van der Waals surface area contributed by atoms with Crippen LogP contribution in [0, 0.1) is 0 Å². The molecule has 0 bridgehead atoms. The third-order valence-electron chi connectivity index (χ3n) is 4.00. The lowest BCUT2D eigenvalue weighted by atomic mass is 10.1. The molecule has 0 saturated heterocycles. The zero-order valence-corrected chi connectivity index (χ0v) is 16.0. The number of nitrogens with zero attached hydrogens (tertiary/aromatic N) is 1. The number of para-hydroxylation sites is 1. The fraction of sp³-hybridized carbons (Fsp3) is 0.550. The number of nitrogens with one attached hydrogen (secondary N) is 1. The molecule has 1 amide bonds. The first-order valence-corrected chi connectivity index (χ1v) is 9.03. The molecular weight excluding hydrogens is 316 g/mol. The molecule has 0 fully saturated rings. The van der Waals surface area contributed by atoms with Gasteiger partial charge in [-0.25, -0.2) is 4.79 Å². The van der Waals surface area contributed by atoms with Gasteiger partial charge in [0.05, 0.1) is 0 Å². The summed E-state index contributed by atoms with van der Waals surface area (Å²) in [5, 5.41) is 4.59. The molecule has 5 nitrogen and oxygen atoms in total. The minimum absolute atomic E-state index is 0.264. The highest BCUT2D eigenvalue weighted by Gasteiger charge is 2.20. The molecule has 0 spiro atoms. The summed E-state index contributed by atoms with van der Waals surface area (Å²) in [5.74, 6) is 1.02. The van der Waals surface area contributed by atoms with Crippen molar-refractivity contribution in [2.75, 3.05) is 19.6 Å². The number of fused-ring (bicyclic) bond motifs is 1. The van der Waals surface area contributed by atoms with Crippen molar-refractivity contribution in [1.29, 1.82) is 0 Å². The van der Waals surface area contributed by atoms with E-state index in [4.69, 9.17) is 9.15 Å². The van der Waals surface area contributed by atoms with E-state index in [0.29, 0.717) is 19.6 Å². The highest BCUT2D eigenvalue weighted by Crippen LogP contribution is 2.26. The normalized spacial score (nSPS) is 11.7. The number of carbonyl (C=O) groups excluding carboxylic acids is 1. The zero-order chi connectivity index (χ0) is 18.4. The number of amides is 1. The van der Waals surface area contributed by atoms with Crippen molar-refractivity contribution in [3.63, 3.8) is 0 Å². The lowest BCUT2D eigenvalue weighted by molar-refractivity contribution is 0.0262. The minimum atomic E-state index is -0.469. The number of furan rings is 1. The zero-order valence-electron chi connectivity index (χ0n) is 16.0. The molecule has 0 saturated carbocycles. The predicted molar refractivity (Wildman–Crippen MR) is 101 cm³/mol. The Hall–Kier alpha value is -2.01. The molecule has 0 aliphatic carbocycles. The minimum Gasteiger partial charge on any atom is -0.461 e. The van der Waals surface area contributed by atoms with Crippen LogP contribution in [0.4, 0.5) is 4.79 Å². The number of hydrogen-bond donors (Lipinski definition) is 1. The van der Waals surface area contributed by atoms with Gasteiger partial charge >= 0.3 is 6.09 Å². The first kappa shape index (κ1) is 19.3. The summed E-state index contributed by atoms with van der Waals surface area (Å²) < 4.78 is 11.3. The second-order valence-electron chi connectivity index (χ2n) is 7.09. The maximum atomic E-state index is 12.1. The van der Waals surface area contributed by atoms with Crippen molar-refractivity contribution in [1.82, 2.24) is 10.2 Å². The van der Waals surface area contributed by atoms with Crippen LogP contribution in [-0.2, 0) is 17.7 Å². The van der Waals surface area contributed by atoms with Gasteiger partial charge < -0.3 is 19.4 Å². The number of likely N-dealkylation sites (N-methyl/N-ethyl adjacent to an activating group) is 1. The van der Waals surface area contributed by atoms with Crippen LogP contribution >= 0.6 is 0 Å². The first-order valence-electron chi connectivity index (χ1n) is 9.03. The Bertz CT molecular complexity index is 701. The highest BCUT2D eigenvalue weighted by molar-refractivity contribution is 5.82. The summed E-state index contributed by atoms with van der Waals surface area (Å²) in [7, 11) is 0. The van der Waals surface area contributed by atoms with E-state index >= 15 is 0 Å². The largest absolute Gasteiger partial charge is 0.461 e. The lowest BCUT2D eigenvalue weighted by Crippen LogP contribution is -2.40. The van der Waals surface area contributed by atoms with Crippen LogP contribution in [-0.4, -0.2) is 36.2 Å². The number of hydrogen-bond acceptors (Lipinski definition) is 4. The van der Waals surface area contributed by atoms with Crippen LogP contribution in [0.2, 0.25) is 0 Å². The van der Waals surface area contributed by atoms with Crippen LogP contribution in [0.1, 0.15) is 45.9 Å². The summed E-state index contributed by atoms with van der Waals surface area (Å²) in [6.45, 7) is 12.4. The van der Waals surface area contributed by atoms with Crippen molar-refractivity contribution in [2.24, 2.45) is 0 Å². The maximum Gasteiger partial charge on any atom is 0.410 e. The molecule has 0 radical (unpaired) electrons. The van der Waals surface area contributed by atoms with Gasteiger partial charge in [-0.3, -0.25) is 0 Å². The van der Waals surface area contributed by atoms with E-state index in [2.05, 4.69) is 18.3 Å². The predicted octanol–water partition coefficient (Wildman–Crippen LogP) is 4.34. The molecule has 0 aliphatic heterocycles. The van der Waals surface area contributed by atoms with Gasteiger partial charge in [-0.2, -0.15) is 0 Å². The molecule has 1 N–H and O–H groups in total. The lowest BCUT2D eigenvalue weighted by Gasteiger charge is -2.26. The van der Waals surface area contributed by atoms with Gasteiger partial charge in [-0.05, 0) is 33.8 Å². The molecule has 2 rings (SSSR count). The fourth-order valence-electron chi connectivity index (χ4n) is 2.76. The van der Waals surface area contributed by atoms with E-state index in [0.717, 1.165) is 29.7 Å². The smallest absolute Gasteiger partial charge is 0.410 e. The van der Waals surface area contributed by atoms with Crippen molar-refractivity contribution < 1.29 is 13.9 Å². The van der Waals surface area contributed by atoms with Crippen LogP contribution in [0.5, 0.6) is 0 Å². The average molecular weight is 346 g/mol. The standard InChI is InChI=1S/C20H30N2O3/c1-6-17-16(15-10-8-9-11-18(15)24-17)14-21-12-13-22(7-2)19(23)25-20(3,4)5/h8-11,21H,6-7,12-14H2,1-5H3. The van der Waals surface area contributed by atoms with Crippen molar-refractivity contribution in [2.45, 2.75) is 53.2 Å². The van der Waals surface area contributed by atoms with Gasteiger partial charge in [-0.1, -0.05) is 25.1 Å². The summed E-state index contributed by atoms with van der Waals surface area (Å²) in [5.41, 5.74) is 1.67. The summed E-state index contributed by atoms with van der Waals surface area (Å²) >= 11 is 0. The maximum absolute atomic E-state index is 12.1. The molecule has 0 aliphatic rings. The van der Waals surface area contributed by atoms with Gasteiger partial charge in [0.15, 0.2) is 0 Å². The first-order chi connectivity index (χ1) is 11.9. The molecule has 2 aromatic rings. The van der Waals surface area contributed by atoms with E-state index in [9.17, 15) is 4.79 Å². The van der Waals surface area contributed by atoms with Gasteiger partial charge in [0.1, 0.15) is 16.9 Å². The Balaban J connectivity index is 1.91. The Labute approximate surface area is 150 Å². The van der Waals surface area contributed by atoms with E-state index < -0.39 is 5.60 Å². The number of benzene rings is 1. The Morgan fingerprint density at radius 1 is 1.24 bits per heavy atom. The molecule has 0 atom stereocenters. The monoisotopic (exact) mass is 346 g/mol. The van der Waals surface area contributed by atoms with E-state index in [1.165, 1.54) is 5.56 Å². The molecule has 1 aromatic heterocycles. The SMILES string of the molecule is CCc1oc2ccccc2c1CNCCN(CC)C(=O)OC(C)(C)C. The van der Waals surface area contributed by atoms with Crippen molar-refractivity contribution in [3.05, 3.63) is 35.6 Å². The number of ether oxygens (including phenoxy) is 1. The topological polar surface area (TPSA) is 54.7 Å². The Morgan fingerprint density at radius 2 is 1.96 bits per heavy atom. The molecule has 1 heterocycles. The average Bonchev–Trinajstić information content (AvgIpc) is 2.91. The second kappa shape index (κ2) is 8.39. The van der Waals surface area contributed by atoms with Crippen molar-refractivity contribution in [3.8, 4) is 0 Å². The molecule has 138 valence electrons. The second-order valence-corrected chi connectivity index (χ2v) is 7.09.